The molecule has 2 heterocycles. The Hall–Kier alpha value is -2.62. The van der Waals surface area contributed by atoms with Crippen LogP contribution in [0.1, 0.15) is 59.2 Å². The van der Waals surface area contributed by atoms with Crippen LogP contribution in [0.2, 0.25) is 0 Å². The molecule has 1 saturated heterocycles. The molecule has 178 valence electrons. The first-order valence-electron chi connectivity index (χ1n) is 12.8. The molecule has 5 rings (SSSR count). The number of hydrogen-bond acceptors (Lipinski definition) is 3. The Morgan fingerprint density at radius 2 is 1.50 bits per heavy atom. The summed E-state index contributed by atoms with van der Waals surface area (Å²) in [6, 6.07) is 25.1. The standard InChI is InChI=1S/C31H38N2O/c1-22-19-23(2)28-20-31(4,34-30(28)24(22)3)21-32-27-15-17-33(18-16-27)29(25-11-7-5-8-12-25)26-13-9-6-10-14-26/h5-14,19,27,29,32H,15-18,20-21H2,1-4H3. The zero-order valence-corrected chi connectivity index (χ0v) is 21.1. The number of nitrogens with one attached hydrogen (secondary N) is 1. The van der Waals surface area contributed by atoms with E-state index in [0.717, 1.165) is 44.6 Å². The SMILES string of the molecule is Cc1cc(C)c2c(c1C)OC(C)(CNC1CCN(C(c3ccccc3)c3ccccc3)CC1)C2. The molecular formula is C31H38N2O. The molecule has 0 aromatic heterocycles. The smallest absolute Gasteiger partial charge is 0.126 e. The van der Waals surface area contributed by atoms with Gasteiger partial charge in [0.2, 0.25) is 0 Å². The van der Waals surface area contributed by atoms with Gasteiger partial charge in [0.15, 0.2) is 0 Å². The third kappa shape index (κ3) is 4.64. The Labute approximate surface area is 205 Å². The van der Waals surface area contributed by atoms with E-state index in [1.165, 1.54) is 33.4 Å². The van der Waals surface area contributed by atoms with Crippen molar-refractivity contribution in [3.8, 4) is 5.75 Å². The summed E-state index contributed by atoms with van der Waals surface area (Å²) in [4.78, 5) is 2.65. The fourth-order valence-corrected chi connectivity index (χ4v) is 5.82. The molecule has 3 nitrogen and oxygen atoms in total. The summed E-state index contributed by atoms with van der Waals surface area (Å²) < 4.78 is 6.58. The van der Waals surface area contributed by atoms with E-state index in [9.17, 15) is 0 Å². The van der Waals surface area contributed by atoms with Crippen LogP contribution in [-0.2, 0) is 6.42 Å². The number of benzene rings is 3. The van der Waals surface area contributed by atoms with Gasteiger partial charge in [0.05, 0.1) is 6.04 Å². The maximum absolute atomic E-state index is 6.58. The molecule has 2 aliphatic heterocycles. The highest BCUT2D eigenvalue weighted by Crippen LogP contribution is 2.41. The lowest BCUT2D eigenvalue weighted by Gasteiger charge is -2.39. The maximum atomic E-state index is 6.58. The Bertz CT molecular complexity index is 1080. The number of likely N-dealkylation sites (tertiary alicyclic amines) is 1. The van der Waals surface area contributed by atoms with Gasteiger partial charge in [0.1, 0.15) is 11.4 Å². The summed E-state index contributed by atoms with van der Waals surface area (Å²) in [6.45, 7) is 12.0. The Morgan fingerprint density at radius 3 is 2.09 bits per heavy atom. The molecular weight excluding hydrogens is 416 g/mol. The molecule has 3 aromatic carbocycles. The zero-order valence-electron chi connectivity index (χ0n) is 21.1. The number of piperidine rings is 1. The highest BCUT2D eigenvalue weighted by atomic mass is 16.5. The highest BCUT2D eigenvalue weighted by Gasteiger charge is 2.38. The van der Waals surface area contributed by atoms with Crippen molar-refractivity contribution in [3.63, 3.8) is 0 Å². The van der Waals surface area contributed by atoms with E-state index in [-0.39, 0.29) is 5.60 Å². The predicted octanol–water partition coefficient (Wildman–Crippen LogP) is 6.15. The van der Waals surface area contributed by atoms with Crippen molar-refractivity contribution < 1.29 is 4.74 Å². The van der Waals surface area contributed by atoms with Crippen molar-refractivity contribution in [3.05, 3.63) is 100 Å². The van der Waals surface area contributed by atoms with Crippen molar-refractivity contribution in [2.45, 2.75) is 64.6 Å². The first kappa shape index (κ1) is 23.1. The van der Waals surface area contributed by atoms with Crippen LogP contribution >= 0.6 is 0 Å². The fourth-order valence-electron chi connectivity index (χ4n) is 5.82. The minimum Gasteiger partial charge on any atom is -0.485 e. The molecule has 0 bridgehead atoms. The van der Waals surface area contributed by atoms with Crippen LogP contribution in [0.3, 0.4) is 0 Å². The molecule has 1 atom stereocenters. The van der Waals surface area contributed by atoms with Crippen molar-refractivity contribution in [2.24, 2.45) is 0 Å². The molecule has 0 amide bonds. The van der Waals surface area contributed by atoms with Crippen LogP contribution in [0.5, 0.6) is 5.75 Å². The van der Waals surface area contributed by atoms with E-state index in [1.807, 2.05) is 0 Å². The van der Waals surface area contributed by atoms with Crippen LogP contribution in [0.15, 0.2) is 66.7 Å². The molecule has 2 aliphatic rings. The minimum atomic E-state index is -0.167. The summed E-state index contributed by atoms with van der Waals surface area (Å²) >= 11 is 0. The first-order valence-corrected chi connectivity index (χ1v) is 12.8. The molecule has 0 saturated carbocycles. The average molecular weight is 455 g/mol. The number of ether oxygens (including phenoxy) is 1. The molecule has 1 N–H and O–H groups in total. The van der Waals surface area contributed by atoms with Gasteiger partial charge < -0.3 is 10.1 Å². The molecule has 0 spiro atoms. The molecule has 34 heavy (non-hydrogen) atoms. The third-order valence-electron chi connectivity index (χ3n) is 7.90. The third-order valence-corrected chi connectivity index (χ3v) is 7.90. The summed E-state index contributed by atoms with van der Waals surface area (Å²) in [6.07, 6.45) is 3.32. The van der Waals surface area contributed by atoms with Crippen molar-refractivity contribution in [1.29, 1.82) is 0 Å². The zero-order chi connectivity index (χ0) is 23.7. The summed E-state index contributed by atoms with van der Waals surface area (Å²) in [5.41, 5.74) is 7.98. The second-order valence-corrected chi connectivity index (χ2v) is 10.6. The maximum Gasteiger partial charge on any atom is 0.126 e. The molecule has 1 unspecified atom stereocenters. The van der Waals surface area contributed by atoms with Gasteiger partial charge in [-0.2, -0.15) is 0 Å². The van der Waals surface area contributed by atoms with E-state index in [2.05, 4.69) is 105 Å². The van der Waals surface area contributed by atoms with E-state index in [0.29, 0.717) is 12.1 Å². The van der Waals surface area contributed by atoms with E-state index in [1.54, 1.807) is 0 Å². The number of rotatable bonds is 6. The number of nitrogens with zero attached hydrogens (tertiary/aromatic N) is 1. The van der Waals surface area contributed by atoms with Crippen LogP contribution in [0.4, 0.5) is 0 Å². The highest BCUT2D eigenvalue weighted by molar-refractivity contribution is 5.53. The molecule has 3 heteroatoms. The number of fused-ring (bicyclic) bond motifs is 1. The summed E-state index contributed by atoms with van der Waals surface area (Å²) in [7, 11) is 0. The monoisotopic (exact) mass is 454 g/mol. The van der Waals surface area contributed by atoms with Gasteiger partial charge in [-0.1, -0.05) is 66.7 Å². The molecule has 3 aromatic rings. The van der Waals surface area contributed by atoms with E-state index < -0.39 is 0 Å². The quantitative estimate of drug-likeness (QED) is 0.483. The Balaban J connectivity index is 1.22. The van der Waals surface area contributed by atoms with Crippen molar-refractivity contribution in [1.82, 2.24) is 10.2 Å². The second kappa shape index (κ2) is 9.56. The Kier molecular flexibility index (Phi) is 6.50. The van der Waals surface area contributed by atoms with Crippen LogP contribution in [0, 0.1) is 20.8 Å². The lowest BCUT2D eigenvalue weighted by molar-refractivity contribution is 0.0987. The average Bonchev–Trinajstić information content (AvgIpc) is 3.22. The lowest BCUT2D eigenvalue weighted by Crippen LogP contribution is -2.49. The van der Waals surface area contributed by atoms with Crippen LogP contribution in [-0.4, -0.2) is 36.2 Å². The van der Waals surface area contributed by atoms with Crippen molar-refractivity contribution in [2.75, 3.05) is 19.6 Å². The summed E-state index contributed by atoms with van der Waals surface area (Å²) in [5.74, 6) is 1.13. The predicted molar refractivity (Wildman–Crippen MR) is 141 cm³/mol. The Morgan fingerprint density at radius 1 is 0.912 bits per heavy atom. The normalized spacial score (nSPS) is 21.0. The molecule has 0 radical (unpaired) electrons. The van der Waals surface area contributed by atoms with Gasteiger partial charge in [-0.05, 0) is 68.4 Å². The van der Waals surface area contributed by atoms with Gasteiger partial charge in [0.25, 0.3) is 0 Å². The number of hydrogen-bond donors (Lipinski definition) is 1. The first-order chi connectivity index (χ1) is 16.4. The largest absolute Gasteiger partial charge is 0.485 e. The molecule has 0 aliphatic carbocycles. The fraction of sp³-hybridized carbons (Fsp3) is 0.419. The van der Waals surface area contributed by atoms with E-state index >= 15 is 0 Å². The number of aryl methyl sites for hydroxylation is 2. The van der Waals surface area contributed by atoms with Gasteiger partial charge in [-0.3, -0.25) is 4.90 Å². The van der Waals surface area contributed by atoms with Gasteiger partial charge >= 0.3 is 0 Å². The minimum absolute atomic E-state index is 0.167. The van der Waals surface area contributed by atoms with E-state index in [4.69, 9.17) is 4.74 Å². The summed E-state index contributed by atoms with van der Waals surface area (Å²) in [5, 5.41) is 3.88. The topological polar surface area (TPSA) is 24.5 Å². The van der Waals surface area contributed by atoms with Crippen LogP contribution < -0.4 is 10.1 Å². The van der Waals surface area contributed by atoms with Crippen molar-refractivity contribution >= 4 is 0 Å². The lowest BCUT2D eigenvalue weighted by atomic mass is 9.92. The molecule has 1 fully saturated rings. The van der Waals surface area contributed by atoms with Gasteiger partial charge in [0, 0.05) is 37.7 Å². The van der Waals surface area contributed by atoms with Gasteiger partial charge in [-0.15, -0.1) is 0 Å². The van der Waals surface area contributed by atoms with Gasteiger partial charge in [-0.25, -0.2) is 0 Å². The second-order valence-electron chi connectivity index (χ2n) is 10.6. The van der Waals surface area contributed by atoms with Crippen LogP contribution in [0.25, 0.3) is 0 Å².